The summed E-state index contributed by atoms with van der Waals surface area (Å²) < 4.78 is 10.7. The molecule has 1 atom stereocenters. The van der Waals surface area contributed by atoms with E-state index >= 15 is 0 Å². The molecular weight excluding hydrogens is 302 g/mol. The molecule has 0 aliphatic carbocycles. The SMILES string of the molecule is C=CCC[C@H](O)CN(CCC(C)C)Cc1cc(OC)cc(OC)c1. The van der Waals surface area contributed by atoms with Crippen LogP contribution in [0.3, 0.4) is 0 Å². The van der Waals surface area contributed by atoms with Gasteiger partial charge >= 0.3 is 0 Å². The second kappa shape index (κ2) is 11.1. The highest BCUT2D eigenvalue weighted by atomic mass is 16.5. The first-order chi connectivity index (χ1) is 11.5. The molecule has 4 nitrogen and oxygen atoms in total. The lowest BCUT2D eigenvalue weighted by atomic mass is 10.1. The van der Waals surface area contributed by atoms with E-state index in [2.05, 4.69) is 25.3 Å². The third-order valence-corrected chi connectivity index (χ3v) is 4.01. The summed E-state index contributed by atoms with van der Waals surface area (Å²) in [5.41, 5.74) is 1.13. The molecule has 0 radical (unpaired) electrons. The Morgan fingerprint density at radius 1 is 1.12 bits per heavy atom. The summed E-state index contributed by atoms with van der Waals surface area (Å²) in [6, 6.07) is 5.93. The maximum atomic E-state index is 10.3. The fourth-order valence-electron chi connectivity index (χ4n) is 2.59. The molecule has 1 aromatic rings. The van der Waals surface area contributed by atoms with Crippen LogP contribution in [-0.4, -0.2) is 43.4 Å². The Balaban J connectivity index is 2.80. The molecule has 0 bridgehead atoms. The standard InChI is InChI=1S/C20H33NO3/c1-6-7-8-18(22)15-21(10-9-16(2)3)14-17-11-19(23-4)13-20(12-17)24-5/h6,11-13,16,18,22H,1,7-10,14-15H2,2-5H3/t18-/m0/s1. The van der Waals surface area contributed by atoms with Gasteiger partial charge in [0.25, 0.3) is 0 Å². The van der Waals surface area contributed by atoms with Crippen molar-refractivity contribution in [3.05, 3.63) is 36.4 Å². The number of ether oxygens (including phenoxy) is 2. The Labute approximate surface area is 147 Å². The lowest BCUT2D eigenvalue weighted by Gasteiger charge is -2.26. The molecule has 4 heteroatoms. The minimum Gasteiger partial charge on any atom is -0.497 e. The smallest absolute Gasteiger partial charge is 0.122 e. The fraction of sp³-hybridized carbons (Fsp3) is 0.600. The van der Waals surface area contributed by atoms with Gasteiger partial charge < -0.3 is 14.6 Å². The maximum absolute atomic E-state index is 10.3. The maximum Gasteiger partial charge on any atom is 0.122 e. The van der Waals surface area contributed by atoms with Crippen LogP contribution in [-0.2, 0) is 6.54 Å². The van der Waals surface area contributed by atoms with Crippen molar-refractivity contribution in [1.29, 1.82) is 0 Å². The van der Waals surface area contributed by atoms with Gasteiger partial charge in [0.1, 0.15) is 11.5 Å². The van der Waals surface area contributed by atoms with E-state index in [9.17, 15) is 5.11 Å². The average molecular weight is 335 g/mol. The molecular formula is C20H33NO3. The number of aliphatic hydroxyl groups excluding tert-OH is 1. The van der Waals surface area contributed by atoms with Gasteiger partial charge in [-0.2, -0.15) is 0 Å². The molecule has 0 heterocycles. The van der Waals surface area contributed by atoms with Gasteiger partial charge in [-0.25, -0.2) is 0 Å². The molecule has 0 fully saturated rings. The monoisotopic (exact) mass is 335 g/mol. The molecule has 0 saturated carbocycles. The van der Waals surface area contributed by atoms with Crippen LogP contribution in [0.2, 0.25) is 0 Å². The van der Waals surface area contributed by atoms with Gasteiger partial charge in [0.2, 0.25) is 0 Å². The van der Waals surface area contributed by atoms with Crippen LogP contribution in [0.5, 0.6) is 11.5 Å². The molecule has 0 unspecified atom stereocenters. The molecule has 0 aliphatic heterocycles. The quantitative estimate of drug-likeness (QED) is 0.589. The van der Waals surface area contributed by atoms with Crippen LogP contribution in [0, 0.1) is 5.92 Å². The predicted octanol–water partition coefficient (Wildman–Crippen LogP) is 3.88. The van der Waals surface area contributed by atoms with Crippen molar-refractivity contribution < 1.29 is 14.6 Å². The first-order valence-electron chi connectivity index (χ1n) is 8.71. The highest BCUT2D eigenvalue weighted by molar-refractivity contribution is 5.38. The van der Waals surface area contributed by atoms with Crippen LogP contribution >= 0.6 is 0 Å². The third-order valence-electron chi connectivity index (χ3n) is 4.01. The van der Waals surface area contributed by atoms with Crippen molar-refractivity contribution in [2.75, 3.05) is 27.3 Å². The molecule has 0 saturated heterocycles. The zero-order chi connectivity index (χ0) is 17.9. The number of rotatable bonds is 12. The minimum atomic E-state index is -0.331. The largest absolute Gasteiger partial charge is 0.497 e. The van der Waals surface area contributed by atoms with Gasteiger partial charge in [0.15, 0.2) is 0 Å². The van der Waals surface area contributed by atoms with E-state index < -0.39 is 0 Å². The van der Waals surface area contributed by atoms with Gasteiger partial charge in [-0.3, -0.25) is 4.90 Å². The molecule has 0 amide bonds. The van der Waals surface area contributed by atoms with Gasteiger partial charge in [0.05, 0.1) is 20.3 Å². The number of nitrogens with zero attached hydrogens (tertiary/aromatic N) is 1. The average Bonchev–Trinajstić information content (AvgIpc) is 2.57. The van der Waals surface area contributed by atoms with Crippen molar-refractivity contribution in [1.82, 2.24) is 4.90 Å². The molecule has 1 aromatic carbocycles. The summed E-state index contributed by atoms with van der Waals surface area (Å²) in [4.78, 5) is 2.31. The predicted molar refractivity (Wildman–Crippen MR) is 99.7 cm³/mol. The topological polar surface area (TPSA) is 41.9 Å². The molecule has 24 heavy (non-hydrogen) atoms. The lowest BCUT2D eigenvalue weighted by molar-refractivity contribution is 0.0994. The zero-order valence-electron chi connectivity index (χ0n) is 15.6. The number of methoxy groups -OCH3 is 2. The van der Waals surface area contributed by atoms with Crippen LogP contribution in [0.1, 0.15) is 38.7 Å². The molecule has 0 spiro atoms. The van der Waals surface area contributed by atoms with E-state index in [4.69, 9.17) is 9.47 Å². The first-order valence-corrected chi connectivity index (χ1v) is 8.71. The molecule has 1 N–H and O–H groups in total. The van der Waals surface area contributed by atoms with Crippen molar-refractivity contribution in [2.24, 2.45) is 5.92 Å². The molecule has 1 rings (SSSR count). The second-order valence-electron chi connectivity index (χ2n) is 6.66. The minimum absolute atomic E-state index is 0.331. The van der Waals surface area contributed by atoms with Crippen molar-refractivity contribution in [3.8, 4) is 11.5 Å². The highest BCUT2D eigenvalue weighted by Crippen LogP contribution is 2.24. The summed E-state index contributed by atoms with van der Waals surface area (Å²) in [6.45, 7) is 10.6. The highest BCUT2D eigenvalue weighted by Gasteiger charge is 2.14. The van der Waals surface area contributed by atoms with E-state index in [-0.39, 0.29) is 6.10 Å². The van der Waals surface area contributed by atoms with E-state index in [0.29, 0.717) is 12.5 Å². The van der Waals surface area contributed by atoms with Crippen LogP contribution in [0.15, 0.2) is 30.9 Å². The van der Waals surface area contributed by atoms with E-state index in [1.54, 1.807) is 14.2 Å². The normalized spacial score (nSPS) is 12.5. The van der Waals surface area contributed by atoms with E-state index in [1.165, 1.54) is 0 Å². The van der Waals surface area contributed by atoms with E-state index in [0.717, 1.165) is 49.4 Å². The summed E-state index contributed by atoms with van der Waals surface area (Å²) in [5.74, 6) is 2.22. The number of hydrogen-bond donors (Lipinski definition) is 1. The lowest BCUT2D eigenvalue weighted by Crippen LogP contribution is -2.33. The summed E-state index contributed by atoms with van der Waals surface area (Å²) in [6.07, 6.45) is 4.22. The first kappa shape index (κ1) is 20.5. The van der Waals surface area contributed by atoms with Crippen molar-refractivity contribution in [3.63, 3.8) is 0 Å². The summed E-state index contributed by atoms with van der Waals surface area (Å²) in [5, 5.41) is 10.3. The zero-order valence-corrected chi connectivity index (χ0v) is 15.6. The van der Waals surface area contributed by atoms with Gasteiger partial charge in [-0.05, 0) is 49.4 Å². The number of benzene rings is 1. The number of hydrogen-bond acceptors (Lipinski definition) is 4. The Morgan fingerprint density at radius 3 is 2.25 bits per heavy atom. The Hall–Kier alpha value is -1.52. The third kappa shape index (κ3) is 7.84. The fourth-order valence-corrected chi connectivity index (χ4v) is 2.59. The molecule has 136 valence electrons. The Morgan fingerprint density at radius 2 is 1.75 bits per heavy atom. The van der Waals surface area contributed by atoms with Gasteiger partial charge in [0, 0.05) is 19.2 Å². The van der Waals surface area contributed by atoms with Crippen molar-refractivity contribution >= 4 is 0 Å². The second-order valence-corrected chi connectivity index (χ2v) is 6.66. The summed E-state index contributed by atoms with van der Waals surface area (Å²) >= 11 is 0. The van der Waals surface area contributed by atoms with Crippen LogP contribution < -0.4 is 9.47 Å². The Kier molecular flexibility index (Phi) is 9.50. The van der Waals surface area contributed by atoms with E-state index in [1.807, 2.05) is 24.3 Å². The van der Waals surface area contributed by atoms with Crippen LogP contribution in [0.4, 0.5) is 0 Å². The van der Waals surface area contributed by atoms with Crippen LogP contribution in [0.25, 0.3) is 0 Å². The number of allylic oxidation sites excluding steroid dienone is 1. The van der Waals surface area contributed by atoms with Crippen molar-refractivity contribution in [2.45, 2.75) is 45.8 Å². The number of aliphatic hydroxyl groups is 1. The van der Waals surface area contributed by atoms with Gasteiger partial charge in [-0.1, -0.05) is 19.9 Å². The summed E-state index contributed by atoms with van der Waals surface area (Å²) in [7, 11) is 3.32. The molecule has 0 aliphatic rings. The van der Waals surface area contributed by atoms with Gasteiger partial charge in [-0.15, -0.1) is 6.58 Å². The Bertz CT molecular complexity index is 466. The molecule has 0 aromatic heterocycles.